The number of aromatic nitrogens is 1. The molecule has 0 radical (unpaired) electrons. The first kappa shape index (κ1) is 19.0. The van der Waals surface area contributed by atoms with Gasteiger partial charge in [0.1, 0.15) is 23.1 Å². The van der Waals surface area contributed by atoms with E-state index in [9.17, 15) is 4.79 Å². The molecule has 6 heteroatoms. The predicted molar refractivity (Wildman–Crippen MR) is 114 cm³/mol. The maximum atomic E-state index is 12.0. The van der Waals surface area contributed by atoms with Crippen molar-refractivity contribution in [3.05, 3.63) is 89.4 Å². The van der Waals surface area contributed by atoms with Crippen molar-refractivity contribution < 1.29 is 14.3 Å². The molecule has 1 N–H and O–H groups in total. The molecule has 0 bridgehead atoms. The minimum Gasteiger partial charge on any atom is -0.489 e. The van der Waals surface area contributed by atoms with E-state index in [1.165, 1.54) is 0 Å². The van der Waals surface area contributed by atoms with E-state index in [-0.39, 0.29) is 12.5 Å². The van der Waals surface area contributed by atoms with Crippen molar-refractivity contribution in [3.8, 4) is 11.5 Å². The van der Waals surface area contributed by atoms with Crippen molar-refractivity contribution in [2.75, 3.05) is 6.61 Å². The molecule has 0 aliphatic carbocycles. The summed E-state index contributed by atoms with van der Waals surface area (Å²) in [5, 5.41) is 3.71. The molecule has 0 saturated heterocycles. The second kappa shape index (κ2) is 9.21. The number of carbonyl (C=O) groups excluding carboxylic acids is 1. The molecule has 29 heavy (non-hydrogen) atoms. The summed E-state index contributed by atoms with van der Waals surface area (Å²) in [5.74, 6) is 1.18. The lowest BCUT2D eigenvalue weighted by Gasteiger charge is -2.09. The molecule has 0 aliphatic rings. The maximum absolute atomic E-state index is 12.0. The van der Waals surface area contributed by atoms with Crippen molar-refractivity contribution in [1.82, 2.24) is 10.3 Å². The van der Waals surface area contributed by atoms with E-state index < -0.39 is 0 Å². The second-order valence-corrected chi connectivity index (χ2v) is 7.50. The van der Waals surface area contributed by atoms with Gasteiger partial charge in [0.25, 0.3) is 5.91 Å². The number of benzene rings is 3. The monoisotopic (exact) mass is 404 g/mol. The Balaban J connectivity index is 1.21. The van der Waals surface area contributed by atoms with Gasteiger partial charge in [0.15, 0.2) is 6.61 Å². The highest BCUT2D eigenvalue weighted by Crippen LogP contribution is 2.21. The molecule has 0 spiro atoms. The van der Waals surface area contributed by atoms with Gasteiger partial charge in [-0.05, 0) is 42.0 Å². The van der Waals surface area contributed by atoms with Crippen molar-refractivity contribution in [2.45, 2.75) is 13.2 Å². The van der Waals surface area contributed by atoms with Crippen LogP contribution in [-0.4, -0.2) is 17.5 Å². The van der Waals surface area contributed by atoms with Gasteiger partial charge in [-0.2, -0.15) is 0 Å². The Labute approximate surface area is 172 Å². The van der Waals surface area contributed by atoms with Crippen LogP contribution in [0.5, 0.6) is 11.5 Å². The summed E-state index contributed by atoms with van der Waals surface area (Å²) in [6.45, 7) is 0.859. The second-order valence-electron chi connectivity index (χ2n) is 6.39. The van der Waals surface area contributed by atoms with Crippen LogP contribution in [0.25, 0.3) is 10.2 Å². The predicted octanol–water partition coefficient (Wildman–Crippen LogP) is 4.57. The first-order valence-electron chi connectivity index (χ1n) is 9.27. The van der Waals surface area contributed by atoms with Crippen LogP contribution < -0.4 is 14.8 Å². The lowest BCUT2D eigenvalue weighted by Crippen LogP contribution is -2.28. The number of nitrogens with zero attached hydrogens (tertiary/aromatic N) is 1. The Hall–Kier alpha value is -3.38. The molecule has 4 aromatic rings. The molecule has 5 nitrogen and oxygen atoms in total. The van der Waals surface area contributed by atoms with Gasteiger partial charge in [-0.1, -0.05) is 42.5 Å². The third kappa shape index (κ3) is 5.33. The van der Waals surface area contributed by atoms with E-state index >= 15 is 0 Å². The largest absolute Gasteiger partial charge is 0.489 e. The quantitative estimate of drug-likeness (QED) is 0.467. The lowest BCUT2D eigenvalue weighted by molar-refractivity contribution is -0.123. The Morgan fingerprint density at radius 3 is 2.31 bits per heavy atom. The topological polar surface area (TPSA) is 60.5 Å². The zero-order valence-electron chi connectivity index (χ0n) is 15.7. The van der Waals surface area contributed by atoms with Gasteiger partial charge in [0.2, 0.25) is 0 Å². The van der Waals surface area contributed by atoms with E-state index in [1.54, 1.807) is 23.5 Å². The summed E-state index contributed by atoms with van der Waals surface area (Å²) < 4.78 is 12.4. The van der Waals surface area contributed by atoms with E-state index in [1.807, 2.05) is 66.7 Å². The molecular formula is C23H20N2O3S. The Bertz CT molecular complexity index is 1050. The lowest BCUT2D eigenvalue weighted by atomic mass is 10.2. The van der Waals surface area contributed by atoms with Gasteiger partial charge >= 0.3 is 0 Å². The van der Waals surface area contributed by atoms with Crippen LogP contribution in [0.4, 0.5) is 0 Å². The van der Waals surface area contributed by atoms with E-state index in [4.69, 9.17) is 9.47 Å². The van der Waals surface area contributed by atoms with Gasteiger partial charge in [-0.25, -0.2) is 4.98 Å². The summed E-state index contributed by atoms with van der Waals surface area (Å²) in [4.78, 5) is 16.5. The van der Waals surface area contributed by atoms with E-state index in [0.29, 0.717) is 18.9 Å². The van der Waals surface area contributed by atoms with Crippen LogP contribution in [0, 0.1) is 0 Å². The summed E-state index contributed by atoms with van der Waals surface area (Å²) in [6, 6.07) is 25.2. The number of hydrogen-bond donors (Lipinski definition) is 1. The Morgan fingerprint density at radius 1 is 0.862 bits per heavy atom. The molecule has 1 aromatic heterocycles. The molecule has 0 atom stereocenters. The Morgan fingerprint density at radius 2 is 1.55 bits per heavy atom. The van der Waals surface area contributed by atoms with Crippen molar-refractivity contribution in [3.63, 3.8) is 0 Å². The first-order valence-corrected chi connectivity index (χ1v) is 10.1. The number of rotatable bonds is 8. The average Bonchev–Trinajstić information content (AvgIpc) is 3.19. The fraction of sp³-hybridized carbons (Fsp3) is 0.130. The highest BCUT2D eigenvalue weighted by atomic mass is 32.1. The zero-order valence-corrected chi connectivity index (χ0v) is 16.5. The molecule has 0 unspecified atom stereocenters. The fourth-order valence-electron chi connectivity index (χ4n) is 2.74. The minimum atomic E-state index is -0.186. The van der Waals surface area contributed by atoms with E-state index in [2.05, 4.69) is 10.3 Å². The molecule has 0 aliphatic heterocycles. The molecule has 4 rings (SSSR count). The van der Waals surface area contributed by atoms with Gasteiger partial charge in [0, 0.05) is 0 Å². The van der Waals surface area contributed by atoms with Crippen LogP contribution in [0.1, 0.15) is 10.6 Å². The molecule has 1 amide bonds. The molecule has 146 valence electrons. The summed E-state index contributed by atoms with van der Waals surface area (Å²) in [7, 11) is 0. The van der Waals surface area contributed by atoms with Crippen LogP contribution in [0.15, 0.2) is 78.9 Å². The van der Waals surface area contributed by atoms with Gasteiger partial charge in [-0.15, -0.1) is 11.3 Å². The summed E-state index contributed by atoms with van der Waals surface area (Å²) in [5.41, 5.74) is 2.06. The number of ether oxygens (including phenoxy) is 2. The number of thiazole rings is 1. The molecule has 0 saturated carbocycles. The average molecular weight is 404 g/mol. The summed E-state index contributed by atoms with van der Waals surface area (Å²) >= 11 is 1.58. The van der Waals surface area contributed by atoms with Crippen molar-refractivity contribution >= 4 is 27.5 Å². The van der Waals surface area contributed by atoms with Crippen molar-refractivity contribution in [2.24, 2.45) is 0 Å². The number of nitrogens with one attached hydrogen (secondary N) is 1. The first-order chi connectivity index (χ1) is 14.3. The smallest absolute Gasteiger partial charge is 0.258 e. The zero-order chi connectivity index (χ0) is 19.9. The highest BCUT2D eigenvalue weighted by Gasteiger charge is 2.07. The van der Waals surface area contributed by atoms with Gasteiger partial charge in [-0.3, -0.25) is 4.79 Å². The molecule has 0 fully saturated rings. The third-order valence-corrected chi connectivity index (χ3v) is 5.25. The van der Waals surface area contributed by atoms with Crippen LogP contribution in [0.2, 0.25) is 0 Å². The fourth-order valence-corrected chi connectivity index (χ4v) is 3.65. The van der Waals surface area contributed by atoms with Crippen LogP contribution in [0.3, 0.4) is 0 Å². The van der Waals surface area contributed by atoms with Gasteiger partial charge < -0.3 is 14.8 Å². The summed E-state index contributed by atoms with van der Waals surface area (Å²) in [6.07, 6.45) is 0. The number of para-hydroxylation sites is 1. The number of fused-ring (bicyclic) bond motifs is 1. The Kier molecular flexibility index (Phi) is 6.02. The molecule has 3 aromatic carbocycles. The number of amides is 1. The molecular weight excluding hydrogens is 384 g/mol. The maximum Gasteiger partial charge on any atom is 0.258 e. The van der Waals surface area contributed by atoms with Crippen LogP contribution in [-0.2, 0) is 17.9 Å². The van der Waals surface area contributed by atoms with E-state index in [0.717, 1.165) is 26.5 Å². The molecule has 1 heterocycles. The number of hydrogen-bond acceptors (Lipinski definition) is 5. The number of carbonyl (C=O) groups is 1. The third-order valence-electron chi connectivity index (χ3n) is 4.22. The van der Waals surface area contributed by atoms with Gasteiger partial charge in [0.05, 0.1) is 16.8 Å². The standard InChI is InChI=1S/C23H20N2O3S/c26-22(24-14-23-25-20-8-4-5-9-21(20)29-23)16-28-19-12-10-18(11-13-19)27-15-17-6-2-1-3-7-17/h1-13H,14-16H2,(H,24,26). The van der Waals surface area contributed by atoms with Crippen molar-refractivity contribution in [1.29, 1.82) is 0 Å². The minimum absolute atomic E-state index is 0.0465. The SMILES string of the molecule is O=C(COc1ccc(OCc2ccccc2)cc1)NCc1nc2ccccc2s1. The highest BCUT2D eigenvalue weighted by molar-refractivity contribution is 7.18. The normalized spacial score (nSPS) is 10.6. The van der Waals surface area contributed by atoms with Crippen LogP contribution >= 0.6 is 11.3 Å².